The molecule has 0 saturated heterocycles. The van der Waals surface area contributed by atoms with Crippen molar-refractivity contribution in [2.24, 2.45) is 0 Å². The zero-order valence-electron chi connectivity index (χ0n) is 26.6. The number of rotatable bonds is 7. The third-order valence-corrected chi connectivity index (χ3v) is 10.5. The lowest BCUT2D eigenvalue weighted by Crippen LogP contribution is -2.28. The fourth-order valence-corrected chi connectivity index (χ4v) is 8.20. The van der Waals surface area contributed by atoms with Crippen LogP contribution in [0.5, 0.6) is 17.2 Å². The van der Waals surface area contributed by atoms with E-state index < -0.39 is 48.9 Å². The molecule has 0 bridgehead atoms. The third-order valence-electron chi connectivity index (χ3n) is 8.27. The number of carbonyl (C=O) groups excluding carboxylic acids is 1. The Morgan fingerprint density at radius 1 is 0.959 bits per heavy atom. The average molecular weight is 714 g/mol. The maximum atomic E-state index is 14.2. The van der Waals surface area contributed by atoms with Crippen molar-refractivity contribution >= 4 is 59.2 Å². The molecule has 0 unspecified atom stereocenters. The highest BCUT2D eigenvalue weighted by Crippen LogP contribution is 2.46. The van der Waals surface area contributed by atoms with Crippen molar-refractivity contribution in [2.45, 2.75) is 49.7 Å². The topological polar surface area (TPSA) is 167 Å². The minimum absolute atomic E-state index is 0.00519. The highest BCUT2D eigenvalue weighted by molar-refractivity contribution is 7.90. The number of nitriles is 1. The van der Waals surface area contributed by atoms with E-state index in [4.69, 9.17) is 19.5 Å². The van der Waals surface area contributed by atoms with Gasteiger partial charge in [0.05, 0.1) is 42.6 Å². The van der Waals surface area contributed by atoms with Crippen molar-refractivity contribution in [3.8, 4) is 23.3 Å². The number of hydrogen-bond donors (Lipinski definition) is 1. The van der Waals surface area contributed by atoms with E-state index in [1.807, 2.05) is 10.6 Å². The summed E-state index contributed by atoms with van der Waals surface area (Å²) in [6.07, 6.45) is 3.98. The molecule has 12 nitrogen and oxygen atoms in total. The Morgan fingerprint density at radius 3 is 1.94 bits per heavy atom. The van der Waals surface area contributed by atoms with Gasteiger partial charge in [0.2, 0.25) is 10.9 Å². The quantitative estimate of drug-likeness (QED) is 0.218. The molecule has 0 aliphatic heterocycles. The molecule has 7 rings (SSSR count). The first-order chi connectivity index (χ1) is 23.3. The summed E-state index contributed by atoms with van der Waals surface area (Å²) in [4.78, 5) is 38.7. The van der Waals surface area contributed by atoms with Gasteiger partial charge in [0.15, 0.2) is 43.7 Å². The number of benzene rings is 2. The average Bonchev–Trinajstić information content (AvgIpc) is 3.99. The van der Waals surface area contributed by atoms with Crippen molar-refractivity contribution in [1.82, 2.24) is 9.13 Å². The van der Waals surface area contributed by atoms with Gasteiger partial charge < -0.3 is 28.5 Å². The van der Waals surface area contributed by atoms with E-state index >= 15 is 0 Å². The number of nitrogens with zero attached hydrogens (tertiary/aromatic N) is 3. The molecule has 5 aromatic rings. The number of esters is 1. The van der Waals surface area contributed by atoms with Crippen LogP contribution in [0.4, 0.5) is 8.78 Å². The van der Waals surface area contributed by atoms with E-state index in [2.05, 4.69) is 0 Å². The SMILES string of the molecule is CCOC(=O)c1c(S(C)(=O)=O)n(C2CC2)c2c(OC)c(F)ccc2c1=O.COc1c(F)ccc2c(=O)c3c(O)c(C#N)sc3n(C3CC3)c12. The smallest absolute Gasteiger partial charge is 0.345 e. The number of aromatic nitrogens is 2. The molecule has 49 heavy (non-hydrogen) atoms. The van der Waals surface area contributed by atoms with Gasteiger partial charge in [0, 0.05) is 18.3 Å². The molecule has 0 atom stereocenters. The van der Waals surface area contributed by atoms with Gasteiger partial charge in [-0.05, 0) is 56.9 Å². The zero-order valence-corrected chi connectivity index (χ0v) is 28.3. The molecule has 0 spiro atoms. The second kappa shape index (κ2) is 12.5. The third kappa shape index (κ3) is 5.56. The van der Waals surface area contributed by atoms with Crippen LogP contribution in [-0.2, 0) is 14.6 Å². The summed E-state index contributed by atoms with van der Waals surface area (Å²) >= 11 is 1.05. The number of ether oxygens (including phenoxy) is 3. The number of methoxy groups -OCH3 is 2. The summed E-state index contributed by atoms with van der Waals surface area (Å²) in [5.41, 5.74) is -1.37. The van der Waals surface area contributed by atoms with Gasteiger partial charge in [0.25, 0.3) is 0 Å². The molecular weight excluding hydrogens is 685 g/mol. The highest BCUT2D eigenvalue weighted by atomic mass is 32.2. The van der Waals surface area contributed by atoms with Crippen LogP contribution in [0.3, 0.4) is 0 Å². The molecule has 2 aliphatic carbocycles. The molecule has 2 aromatic carbocycles. The Hall–Kier alpha value is -5.01. The van der Waals surface area contributed by atoms with Crippen LogP contribution in [-0.4, -0.2) is 55.7 Å². The first-order valence-electron chi connectivity index (χ1n) is 15.1. The largest absolute Gasteiger partial charge is 0.505 e. The van der Waals surface area contributed by atoms with Crippen LogP contribution in [0.1, 0.15) is 59.9 Å². The molecular formula is C33H29F2N3O9S2. The maximum absolute atomic E-state index is 14.2. The van der Waals surface area contributed by atoms with E-state index in [-0.39, 0.29) is 62.5 Å². The van der Waals surface area contributed by atoms with Crippen LogP contribution in [0.25, 0.3) is 32.0 Å². The Morgan fingerprint density at radius 2 is 1.47 bits per heavy atom. The number of sulfone groups is 1. The molecule has 2 fully saturated rings. The van der Waals surface area contributed by atoms with E-state index in [1.165, 1.54) is 37.0 Å². The minimum Gasteiger partial charge on any atom is -0.505 e. The number of thiophene rings is 1. The highest BCUT2D eigenvalue weighted by Gasteiger charge is 2.37. The lowest BCUT2D eigenvalue weighted by Gasteiger charge is -2.20. The predicted molar refractivity (Wildman–Crippen MR) is 177 cm³/mol. The van der Waals surface area contributed by atoms with Crippen LogP contribution in [0.15, 0.2) is 38.9 Å². The van der Waals surface area contributed by atoms with Gasteiger partial charge >= 0.3 is 5.97 Å². The molecule has 1 N–H and O–H groups in total. The van der Waals surface area contributed by atoms with E-state index in [0.717, 1.165) is 36.5 Å². The molecule has 256 valence electrons. The van der Waals surface area contributed by atoms with Crippen LogP contribution in [0, 0.1) is 23.0 Å². The second-order valence-electron chi connectivity index (χ2n) is 11.6. The predicted octanol–water partition coefficient (Wildman–Crippen LogP) is 5.34. The van der Waals surface area contributed by atoms with Gasteiger partial charge in [0.1, 0.15) is 26.7 Å². The summed E-state index contributed by atoms with van der Waals surface area (Å²) in [5.74, 6) is -2.80. The van der Waals surface area contributed by atoms with Gasteiger partial charge in [-0.1, -0.05) is 0 Å². The number of hydrogen-bond acceptors (Lipinski definition) is 11. The van der Waals surface area contributed by atoms with Crippen LogP contribution >= 0.6 is 11.3 Å². The Kier molecular flexibility index (Phi) is 8.62. The molecule has 3 heterocycles. The van der Waals surface area contributed by atoms with Crippen molar-refractivity contribution in [3.63, 3.8) is 0 Å². The normalized spacial score (nSPS) is 14.4. The number of pyridine rings is 2. The lowest BCUT2D eigenvalue weighted by atomic mass is 10.1. The number of fused-ring (bicyclic) bond motifs is 3. The first-order valence-corrected chi connectivity index (χ1v) is 17.8. The number of aromatic hydroxyl groups is 1. The number of halogens is 2. The van der Waals surface area contributed by atoms with E-state index in [1.54, 1.807) is 6.92 Å². The molecule has 0 radical (unpaired) electrons. The van der Waals surface area contributed by atoms with Crippen molar-refractivity contribution in [1.29, 1.82) is 5.26 Å². The summed E-state index contributed by atoms with van der Waals surface area (Å²) in [5, 5.41) is 19.3. The van der Waals surface area contributed by atoms with Crippen molar-refractivity contribution < 1.29 is 41.3 Å². The zero-order chi connectivity index (χ0) is 35.5. The Balaban J connectivity index is 0.000000171. The van der Waals surface area contributed by atoms with Crippen LogP contribution in [0.2, 0.25) is 0 Å². The van der Waals surface area contributed by atoms with E-state index in [0.29, 0.717) is 23.2 Å². The fraction of sp³-hybridized carbons (Fsp3) is 0.333. The van der Waals surface area contributed by atoms with Gasteiger partial charge in [-0.25, -0.2) is 22.0 Å². The molecule has 16 heteroatoms. The first kappa shape index (κ1) is 33.9. The molecule has 2 saturated carbocycles. The van der Waals surface area contributed by atoms with Gasteiger partial charge in [-0.3, -0.25) is 9.59 Å². The monoisotopic (exact) mass is 713 g/mol. The fourth-order valence-electron chi connectivity index (χ4n) is 5.99. The van der Waals surface area contributed by atoms with Gasteiger partial charge in [-0.2, -0.15) is 5.26 Å². The Bertz CT molecular complexity index is 2490. The minimum atomic E-state index is -4.00. The van der Waals surface area contributed by atoms with E-state index in [9.17, 15) is 36.7 Å². The van der Waals surface area contributed by atoms with Gasteiger partial charge in [-0.15, -0.1) is 11.3 Å². The molecule has 0 amide bonds. The van der Waals surface area contributed by atoms with Crippen molar-refractivity contribution in [2.75, 3.05) is 27.1 Å². The summed E-state index contributed by atoms with van der Waals surface area (Å²) in [6, 6.07) is 6.60. The Labute approximate surface area is 281 Å². The van der Waals surface area contributed by atoms with Crippen molar-refractivity contribution in [3.05, 3.63) is 66.8 Å². The molecule has 3 aromatic heterocycles. The standard InChI is InChI=1S/C17H18FNO6S.C16H11FN2O3S/c1-4-25-17(21)12-14(20)10-7-8-11(18)15(24-2)13(10)19(9-5-6-9)16(12)26(3,22)23;1-22-15-9(17)5-4-8-12(15)19(7-2-3-7)16-11(13(8)20)14(21)10(6-18)23-16/h7-9H,4-6H2,1-3H3;4-5,7,21H,2-3H2,1H3. The molecule has 2 aliphatic rings. The summed E-state index contributed by atoms with van der Waals surface area (Å²) in [7, 11) is -1.41. The summed E-state index contributed by atoms with van der Waals surface area (Å²) in [6.45, 7) is 1.53. The second-order valence-corrected chi connectivity index (χ2v) is 14.5. The summed E-state index contributed by atoms with van der Waals surface area (Å²) < 4.78 is 71.7. The number of carbonyl (C=O) groups is 1. The maximum Gasteiger partial charge on any atom is 0.345 e. The van der Waals surface area contributed by atoms with Crippen LogP contribution < -0.4 is 20.3 Å². The lowest BCUT2D eigenvalue weighted by molar-refractivity contribution is 0.0518.